The standard InChI is InChI=1S/C23H25FN2O2/c1-15(19-9-5-4-6-10-19)25-13-21-16(2)26(17(3)22(21)23(27)28)14-18-8-7-11-20(24)12-18/h4-12,15,25H,13-14H2,1-3H3,(H,27,28)/t15-/m0/s1. The molecule has 0 aliphatic carbocycles. The second-order valence-corrected chi connectivity index (χ2v) is 7.06. The van der Waals surface area contributed by atoms with Gasteiger partial charge in [-0.3, -0.25) is 0 Å². The van der Waals surface area contributed by atoms with Crippen LogP contribution in [-0.2, 0) is 13.1 Å². The van der Waals surface area contributed by atoms with E-state index in [4.69, 9.17) is 0 Å². The molecule has 0 fully saturated rings. The molecule has 2 N–H and O–H groups in total. The highest BCUT2D eigenvalue weighted by Crippen LogP contribution is 2.25. The van der Waals surface area contributed by atoms with Crippen molar-refractivity contribution in [2.45, 2.75) is 39.9 Å². The molecule has 0 spiro atoms. The number of benzene rings is 2. The molecule has 3 aromatic rings. The van der Waals surface area contributed by atoms with Gasteiger partial charge >= 0.3 is 5.97 Å². The second-order valence-electron chi connectivity index (χ2n) is 7.06. The Bertz CT molecular complexity index is 980. The molecule has 2 aromatic carbocycles. The number of hydrogen-bond acceptors (Lipinski definition) is 2. The Kier molecular flexibility index (Phi) is 5.95. The van der Waals surface area contributed by atoms with Gasteiger partial charge in [-0.25, -0.2) is 9.18 Å². The number of halogens is 1. The Morgan fingerprint density at radius 1 is 1.11 bits per heavy atom. The number of rotatable bonds is 7. The Hall–Kier alpha value is -2.92. The van der Waals surface area contributed by atoms with Crippen LogP contribution in [0, 0.1) is 19.7 Å². The first kappa shape index (κ1) is 19.8. The molecule has 4 nitrogen and oxygen atoms in total. The van der Waals surface area contributed by atoms with E-state index in [0.29, 0.717) is 24.3 Å². The molecule has 28 heavy (non-hydrogen) atoms. The van der Waals surface area contributed by atoms with Gasteiger partial charge in [0.15, 0.2) is 0 Å². The summed E-state index contributed by atoms with van der Waals surface area (Å²) < 4.78 is 15.5. The van der Waals surface area contributed by atoms with Crippen LogP contribution in [0.2, 0.25) is 0 Å². The molecule has 0 amide bonds. The summed E-state index contributed by atoms with van der Waals surface area (Å²) >= 11 is 0. The molecule has 5 heteroatoms. The first-order valence-electron chi connectivity index (χ1n) is 9.33. The zero-order chi connectivity index (χ0) is 20.3. The fourth-order valence-electron chi connectivity index (χ4n) is 3.62. The molecule has 1 heterocycles. The van der Waals surface area contributed by atoms with Gasteiger partial charge in [-0.05, 0) is 44.0 Å². The largest absolute Gasteiger partial charge is 0.478 e. The fourth-order valence-corrected chi connectivity index (χ4v) is 3.62. The number of carboxylic acid groups (broad SMARTS) is 1. The first-order valence-corrected chi connectivity index (χ1v) is 9.33. The minimum absolute atomic E-state index is 0.0918. The van der Waals surface area contributed by atoms with Gasteiger partial charge in [-0.1, -0.05) is 42.5 Å². The van der Waals surface area contributed by atoms with Crippen LogP contribution in [0.25, 0.3) is 0 Å². The zero-order valence-corrected chi connectivity index (χ0v) is 16.4. The van der Waals surface area contributed by atoms with Crippen LogP contribution in [0.4, 0.5) is 4.39 Å². The molecule has 1 aromatic heterocycles. The van der Waals surface area contributed by atoms with Gasteiger partial charge in [0, 0.05) is 36.1 Å². The van der Waals surface area contributed by atoms with Crippen molar-refractivity contribution in [1.29, 1.82) is 0 Å². The average molecular weight is 380 g/mol. The lowest BCUT2D eigenvalue weighted by Gasteiger charge is -2.15. The van der Waals surface area contributed by atoms with Crippen molar-refractivity contribution in [3.05, 3.63) is 94.1 Å². The maximum atomic E-state index is 13.5. The van der Waals surface area contributed by atoms with Gasteiger partial charge in [0.25, 0.3) is 0 Å². The lowest BCUT2D eigenvalue weighted by Crippen LogP contribution is -2.19. The summed E-state index contributed by atoms with van der Waals surface area (Å²) in [6, 6.07) is 16.5. The fraction of sp³-hybridized carbons (Fsp3) is 0.261. The monoisotopic (exact) mass is 380 g/mol. The third-order valence-corrected chi connectivity index (χ3v) is 5.24. The predicted molar refractivity (Wildman–Crippen MR) is 108 cm³/mol. The predicted octanol–water partition coefficient (Wildman–Crippen LogP) is 4.84. The van der Waals surface area contributed by atoms with Gasteiger partial charge < -0.3 is 15.0 Å². The molecule has 0 aliphatic heterocycles. The van der Waals surface area contributed by atoms with Crippen LogP contribution in [-0.4, -0.2) is 15.6 Å². The molecular formula is C23H25FN2O2. The quantitative estimate of drug-likeness (QED) is 0.617. The summed E-state index contributed by atoms with van der Waals surface area (Å²) in [5, 5.41) is 13.2. The minimum Gasteiger partial charge on any atom is -0.478 e. The highest BCUT2D eigenvalue weighted by atomic mass is 19.1. The Morgan fingerprint density at radius 3 is 2.46 bits per heavy atom. The molecule has 0 radical (unpaired) electrons. The van der Waals surface area contributed by atoms with Crippen LogP contribution in [0.1, 0.15) is 51.4 Å². The van der Waals surface area contributed by atoms with Crippen LogP contribution >= 0.6 is 0 Å². The summed E-state index contributed by atoms with van der Waals surface area (Å²) in [7, 11) is 0. The first-order chi connectivity index (χ1) is 13.4. The smallest absolute Gasteiger partial charge is 0.337 e. The number of carboxylic acids is 1. The van der Waals surface area contributed by atoms with Crippen molar-refractivity contribution in [3.63, 3.8) is 0 Å². The number of aromatic nitrogens is 1. The van der Waals surface area contributed by atoms with E-state index in [0.717, 1.165) is 22.4 Å². The van der Waals surface area contributed by atoms with E-state index in [9.17, 15) is 14.3 Å². The molecule has 146 valence electrons. The van der Waals surface area contributed by atoms with Crippen molar-refractivity contribution in [1.82, 2.24) is 9.88 Å². The van der Waals surface area contributed by atoms with Gasteiger partial charge in [0.2, 0.25) is 0 Å². The summed E-state index contributed by atoms with van der Waals surface area (Å²) in [6.07, 6.45) is 0. The summed E-state index contributed by atoms with van der Waals surface area (Å²) in [6.45, 7) is 6.66. The van der Waals surface area contributed by atoms with Crippen molar-refractivity contribution < 1.29 is 14.3 Å². The summed E-state index contributed by atoms with van der Waals surface area (Å²) in [4.78, 5) is 11.9. The van der Waals surface area contributed by atoms with Crippen molar-refractivity contribution in [2.75, 3.05) is 0 Å². The van der Waals surface area contributed by atoms with Gasteiger partial charge in [0.05, 0.1) is 5.56 Å². The molecule has 0 saturated carbocycles. The summed E-state index contributed by atoms with van der Waals surface area (Å²) in [5.41, 5.74) is 4.60. The number of aromatic carboxylic acids is 1. The topological polar surface area (TPSA) is 54.3 Å². The number of nitrogens with one attached hydrogen (secondary N) is 1. The molecule has 0 saturated heterocycles. The third kappa shape index (κ3) is 4.15. The molecule has 0 unspecified atom stereocenters. The molecule has 0 aliphatic rings. The van der Waals surface area contributed by atoms with Crippen LogP contribution in [0.15, 0.2) is 54.6 Å². The van der Waals surface area contributed by atoms with E-state index in [1.807, 2.05) is 47.9 Å². The van der Waals surface area contributed by atoms with Crippen LogP contribution < -0.4 is 5.32 Å². The number of nitrogens with zero attached hydrogens (tertiary/aromatic N) is 1. The maximum Gasteiger partial charge on any atom is 0.337 e. The highest BCUT2D eigenvalue weighted by molar-refractivity contribution is 5.91. The second kappa shape index (κ2) is 8.40. The lowest BCUT2D eigenvalue weighted by atomic mass is 10.1. The Morgan fingerprint density at radius 2 is 1.82 bits per heavy atom. The van der Waals surface area contributed by atoms with Crippen LogP contribution in [0.3, 0.4) is 0 Å². The van der Waals surface area contributed by atoms with E-state index in [1.54, 1.807) is 13.0 Å². The molecule has 0 bridgehead atoms. The normalized spacial score (nSPS) is 12.1. The SMILES string of the molecule is Cc1c(CN[C@@H](C)c2ccccc2)c(C(=O)O)c(C)n1Cc1cccc(F)c1. The van der Waals surface area contributed by atoms with Crippen molar-refractivity contribution >= 4 is 5.97 Å². The number of carbonyl (C=O) groups is 1. The van der Waals surface area contributed by atoms with Crippen molar-refractivity contribution in [2.24, 2.45) is 0 Å². The third-order valence-electron chi connectivity index (χ3n) is 5.24. The maximum absolute atomic E-state index is 13.5. The van der Waals surface area contributed by atoms with Gasteiger partial charge in [0.1, 0.15) is 5.82 Å². The van der Waals surface area contributed by atoms with Gasteiger partial charge in [-0.2, -0.15) is 0 Å². The Labute approximate surface area is 164 Å². The Balaban J connectivity index is 1.89. The molecule has 1 atom stereocenters. The average Bonchev–Trinajstić information content (AvgIpc) is 2.91. The van der Waals surface area contributed by atoms with E-state index >= 15 is 0 Å². The van der Waals surface area contributed by atoms with E-state index in [-0.39, 0.29) is 11.9 Å². The van der Waals surface area contributed by atoms with Gasteiger partial charge in [-0.15, -0.1) is 0 Å². The zero-order valence-electron chi connectivity index (χ0n) is 16.4. The molecular weight excluding hydrogens is 355 g/mol. The molecule has 3 rings (SSSR count). The number of hydrogen-bond donors (Lipinski definition) is 2. The van der Waals surface area contributed by atoms with E-state index in [2.05, 4.69) is 12.2 Å². The van der Waals surface area contributed by atoms with Crippen molar-refractivity contribution in [3.8, 4) is 0 Å². The van der Waals surface area contributed by atoms with E-state index in [1.165, 1.54) is 12.1 Å². The highest BCUT2D eigenvalue weighted by Gasteiger charge is 2.23. The lowest BCUT2D eigenvalue weighted by molar-refractivity contribution is 0.0694. The van der Waals surface area contributed by atoms with E-state index < -0.39 is 5.97 Å². The minimum atomic E-state index is -0.942. The van der Waals surface area contributed by atoms with Crippen LogP contribution in [0.5, 0.6) is 0 Å². The summed E-state index contributed by atoms with van der Waals surface area (Å²) in [5.74, 6) is -1.24.